The van der Waals surface area contributed by atoms with Gasteiger partial charge in [-0.25, -0.2) is 4.98 Å². The smallest absolute Gasteiger partial charge is 0.511 e. The molecule has 0 spiro atoms. The summed E-state index contributed by atoms with van der Waals surface area (Å²) in [6.07, 6.45) is 5.04. The Labute approximate surface area is 225 Å². The second-order valence-corrected chi connectivity index (χ2v) is 9.25. The number of phenols is 1. The van der Waals surface area contributed by atoms with Gasteiger partial charge in [0.2, 0.25) is 0 Å². The second-order valence-electron chi connectivity index (χ2n) is 8.20. The molecule has 1 N–H and O–H groups in total. The largest absolute Gasteiger partial charge is 2.00 e. The third-order valence-corrected chi connectivity index (χ3v) is 7.29. The van der Waals surface area contributed by atoms with Gasteiger partial charge in [0.25, 0.3) is 6.33 Å². The van der Waals surface area contributed by atoms with Crippen molar-refractivity contribution in [3.05, 3.63) is 110 Å². The van der Waals surface area contributed by atoms with Crippen molar-refractivity contribution in [1.82, 2.24) is 14.5 Å². The van der Waals surface area contributed by atoms with E-state index in [4.69, 9.17) is 0 Å². The minimum Gasteiger partial charge on any atom is -0.511 e. The second kappa shape index (κ2) is 8.97. The molecule has 0 amide bonds. The summed E-state index contributed by atoms with van der Waals surface area (Å²) >= 11 is 1.70. The first kappa shape index (κ1) is 22.6. The molecule has 0 bridgehead atoms. The third kappa shape index (κ3) is 3.53. The molecule has 0 aliphatic heterocycles. The van der Waals surface area contributed by atoms with Gasteiger partial charge in [0, 0.05) is 20.5 Å². The molecule has 174 valence electrons. The summed E-state index contributed by atoms with van der Waals surface area (Å²) in [7, 11) is 0. The zero-order valence-electron chi connectivity index (χ0n) is 18.7. The van der Waals surface area contributed by atoms with Gasteiger partial charge in [-0.3, -0.25) is 9.55 Å². The monoisotopic (exact) mass is 664 g/mol. The Balaban J connectivity index is 0.00000240. The molecular weight excluding hydrogens is 647 g/mol. The van der Waals surface area contributed by atoms with Crippen LogP contribution in [-0.2, 0) is 21.1 Å². The van der Waals surface area contributed by atoms with Crippen molar-refractivity contribution in [1.29, 1.82) is 0 Å². The maximum Gasteiger partial charge on any atom is 2.00 e. The third-order valence-electron chi connectivity index (χ3n) is 6.12. The van der Waals surface area contributed by atoms with Crippen LogP contribution in [0.15, 0.2) is 97.3 Å². The molecule has 0 radical (unpaired) electrons. The summed E-state index contributed by atoms with van der Waals surface area (Å²) in [6, 6.07) is 33.2. The van der Waals surface area contributed by atoms with Gasteiger partial charge < -0.3 is 9.67 Å². The van der Waals surface area contributed by atoms with Crippen LogP contribution in [0.1, 0.15) is 0 Å². The molecule has 0 unspecified atom stereocenters. The van der Waals surface area contributed by atoms with Crippen LogP contribution in [0.4, 0.5) is 0 Å². The Morgan fingerprint density at radius 3 is 2.56 bits per heavy atom. The molecule has 7 rings (SSSR count). The minimum absolute atomic E-state index is 0. The van der Waals surface area contributed by atoms with Crippen LogP contribution in [0.2, 0.25) is 0 Å². The molecule has 0 aliphatic rings. The zero-order valence-corrected chi connectivity index (χ0v) is 21.8. The number of imidazole rings is 1. The van der Waals surface area contributed by atoms with E-state index in [9.17, 15) is 5.11 Å². The molecule has 3 aromatic heterocycles. The average molecular weight is 665 g/mol. The first-order valence-electron chi connectivity index (χ1n) is 11.2. The fraction of sp³-hybridized carbons (Fsp3) is 0. The summed E-state index contributed by atoms with van der Waals surface area (Å²) in [5.74, 6) is 0.197. The van der Waals surface area contributed by atoms with E-state index in [0.29, 0.717) is 5.69 Å². The average Bonchev–Trinajstić information content (AvgIpc) is 3.48. The first-order chi connectivity index (χ1) is 17.3. The molecule has 0 aliphatic carbocycles. The number of nitrogens with zero attached hydrogens (tertiary/aromatic N) is 4. The van der Waals surface area contributed by atoms with E-state index in [2.05, 4.69) is 34.5 Å². The van der Waals surface area contributed by atoms with Crippen LogP contribution >= 0.6 is 11.3 Å². The SMILES string of the molecule is Oc1ccccc1-n1[c-][n+](-c2[c-]c(-c3ncnc4c3sc3ccccc34)ccc2)c2ccccc21.[Pt+2]. The van der Waals surface area contributed by atoms with Gasteiger partial charge in [-0.05, 0) is 23.9 Å². The Morgan fingerprint density at radius 2 is 1.64 bits per heavy atom. The molecule has 3 heterocycles. The summed E-state index contributed by atoms with van der Waals surface area (Å²) in [5.41, 5.74) is 6.11. The minimum atomic E-state index is 0. The number of phenolic OH excluding ortho intramolecular Hbond substituents is 1. The van der Waals surface area contributed by atoms with Crippen LogP contribution in [0.25, 0.3) is 54.0 Å². The molecule has 0 atom stereocenters. The van der Waals surface area contributed by atoms with Gasteiger partial charge >= 0.3 is 21.1 Å². The Bertz CT molecular complexity index is 1890. The Hall–Kier alpha value is -3.86. The van der Waals surface area contributed by atoms with Crippen molar-refractivity contribution in [2.75, 3.05) is 0 Å². The van der Waals surface area contributed by atoms with Crippen molar-refractivity contribution in [2.24, 2.45) is 0 Å². The van der Waals surface area contributed by atoms with Gasteiger partial charge in [0.15, 0.2) is 0 Å². The van der Waals surface area contributed by atoms with E-state index in [-0.39, 0.29) is 26.8 Å². The van der Waals surface area contributed by atoms with Gasteiger partial charge in [0.05, 0.1) is 16.6 Å². The van der Waals surface area contributed by atoms with Gasteiger partial charge in [-0.15, -0.1) is 41.2 Å². The normalized spacial score (nSPS) is 11.2. The van der Waals surface area contributed by atoms with E-state index in [0.717, 1.165) is 43.6 Å². The quantitative estimate of drug-likeness (QED) is 0.185. The van der Waals surface area contributed by atoms with Crippen LogP contribution in [-0.4, -0.2) is 19.6 Å². The van der Waals surface area contributed by atoms with E-state index >= 15 is 0 Å². The molecule has 7 heteroatoms. The zero-order chi connectivity index (χ0) is 23.4. The molecule has 0 fully saturated rings. The van der Waals surface area contributed by atoms with Crippen LogP contribution in [0.3, 0.4) is 0 Å². The van der Waals surface area contributed by atoms with Crippen molar-refractivity contribution in [3.63, 3.8) is 0 Å². The Kier molecular flexibility index (Phi) is 5.63. The van der Waals surface area contributed by atoms with Crippen molar-refractivity contribution in [2.45, 2.75) is 0 Å². The molecular formula is C29H17N4OPtS+. The van der Waals surface area contributed by atoms with Crippen LogP contribution in [0.5, 0.6) is 5.75 Å². The molecule has 0 saturated carbocycles. The maximum atomic E-state index is 10.5. The number of hydrogen-bond acceptors (Lipinski definition) is 4. The Morgan fingerprint density at radius 1 is 0.833 bits per heavy atom. The molecule has 4 aromatic carbocycles. The van der Waals surface area contributed by atoms with E-state index in [1.165, 1.54) is 4.70 Å². The fourth-order valence-electron chi connectivity index (χ4n) is 4.51. The number of benzene rings is 4. The van der Waals surface area contributed by atoms with Gasteiger partial charge in [-0.1, -0.05) is 54.6 Å². The number of para-hydroxylation sites is 4. The first-order valence-corrected chi connectivity index (χ1v) is 12.0. The fourth-order valence-corrected chi connectivity index (χ4v) is 5.67. The van der Waals surface area contributed by atoms with Crippen molar-refractivity contribution in [3.8, 4) is 28.4 Å². The number of fused-ring (bicyclic) bond motifs is 4. The number of thiophene rings is 1. The number of aromatic hydroxyl groups is 1. The number of rotatable bonds is 3. The standard InChI is InChI=1S/C29H17N4OS.Pt/c34-25-14-5-4-13-24(25)33-18-32(22-11-2-3-12-23(22)33)20-9-7-8-19(16-20)27-29-28(31-17-30-27)21-10-1-6-15-26(21)35-29;/h1-15,17,34H;/q-1;+2. The van der Waals surface area contributed by atoms with Crippen LogP contribution in [0, 0.1) is 12.4 Å². The summed E-state index contributed by atoms with van der Waals surface area (Å²) < 4.78 is 6.08. The predicted octanol–water partition coefficient (Wildman–Crippen LogP) is 6.04. The summed E-state index contributed by atoms with van der Waals surface area (Å²) in [5, 5.41) is 11.6. The van der Waals surface area contributed by atoms with Crippen LogP contribution < -0.4 is 4.57 Å². The maximum absolute atomic E-state index is 10.5. The van der Waals surface area contributed by atoms with E-state index < -0.39 is 0 Å². The molecule has 7 aromatic rings. The molecule has 36 heavy (non-hydrogen) atoms. The van der Waals surface area contributed by atoms with Gasteiger partial charge in [-0.2, -0.15) is 0 Å². The summed E-state index contributed by atoms with van der Waals surface area (Å²) in [6.45, 7) is 0. The van der Waals surface area contributed by atoms with Crippen molar-refractivity contribution >= 4 is 42.7 Å². The number of aromatic nitrogens is 4. The predicted molar refractivity (Wildman–Crippen MR) is 138 cm³/mol. The van der Waals surface area contributed by atoms with Gasteiger partial charge in [0.1, 0.15) is 17.8 Å². The van der Waals surface area contributed by atoms with E-state index in [1.807, 2.05) is 81.9 Å². The van der Waals surface area contributed by atoms with E-state index in [1.54, 1.807) is 23.7 Å². The molecule has 5 nitrogen and oxygen atoms in total. The molecule has 0 saturated heterocycles. The summed E-state index contributed by atoms with van der Waals surface area (Å²) in [4.78, 5) is 9.21. The van der Waals surface area contributed by atoms with Crippen molar-refractivity contribution < 1.29 is 30.7 Å². The number of hydrogen-bond donors (Lipinski definition) is 1. The topological polar surface area (TPSA) is 54.8 Å².